The number of nitrogens with one attached hydrogen (secondary N) is 2. The Morgan fingerprint density at radius 3 is 1.56 bits per heavy atom. The van der Waals surface area contributed by atoms with Crippen LogP contribution in [0.15, 0.2) is 57.2 Å². The molecule has 0 spiro atoms. The van der Waals surface area contributed by atoms with Crippen molar-refractivity contribution >= 4 is 50.9 Å². The average Bonchev–Trinajstić information content (AvgIpc) is 3.98. The van der Waals surface area contributed by atoms with E-state index in [1.807, 2.05) is 72.7 Å². The Hall–Kier alpha value is -3.90. The summed E-state index contributed by atoms with van der Waals surface area (Å²) in [4.78, 5) is 14.3. The first-order valence-electron chi connectivity index (χ1n) is 22.5. The van der Waals surface area contributed by atoms with Crippen LogP contribution in [-0.2, 0) is 25.6 Å². The van der Waals surface area contributed by atoms with Crippen molar-refractivity contribution in [2.45, 2.75) is 150 Å². The summed E-state index contributed by atoms with van der Waals surface area (Å²) in [5, 5.41) is 36.4. The molecule has 66 heavy (non-hydrogen) atoms. The van der Waals surface area contributed by atoms with E-state index in [9.17, 15) is 23.4 Å². The number of hydrogen-bond acceptors (Lipinski definition) is 12. The smallest absolute Gasteiger partial charge is 0.318 e. The first-order chi connectivity index (χ1) is 30.7. The van der Waals surface area contributed by atoms with Gasteiger partial charge in [-0.2, -0.15) is 4.72 Å². The fourth-order valence-corrected chi connectivity index (χ4v) is 12.4. The van der Waals surface area contributed by atoms with Crippen LogP contribution in [0.4, 0.5) is 0 Å². The number of hydrogen-bond donors (Lipinski definition) is 5. The van der Waals surface area contributed by atoms with Crippen molar-refractivity contribution in [3.05, 3.63) is 96.5 Å². The number of nitrogens with zero attached hydrogens (tertiary/aromatic N) is 1. The van der Waals surface area contributed by atoms with Crippen LogP contribution in [0.25, 0.3) is 10.8 Å². The molecule has 2 unspecified atom stereocenters. The summed E-state index contributed by atoms with van der Waals surface area (Å²) in [5.74, 6) is 0.829. The maximum Gasteiger partial charge on any atom is 0.318 e. The standard InChI is InChI=1S/C25H34N2O3S2.C25H37NO6S2/c1-8-25(9-2,20-13-16(4)21(32-20)22-26-27-23(31)30-22)17-10-11-18(15(3)12-17)29-14-19(28)24(5,6)7;1-8-25(9-2,21-13-17(4)23(33-21)34(30,31)26-14-22(28)29)18-10-11-19(16(3)12-18)32-15-20(27)24(5,6)7/h10-13,19,28H,8-9,14H2,1-7H3,(H,27,31);10-13,20,26-27H,8-9,14-15H2,1-7H3,(H,28,29). The lowest BCUT2D eigenvalue weighted by atomic mass is 9.74. The molecule has 0 saturated carbocycles. The summed E-state index contributed by atoms with van der Waals surface area (Å²) >= 11 is 7.96. The molecular formula is C50H71N3O9S4. The quantitative estimate of drug-likeness (QED) is 0.0496. The van der Waals surface area contributed by atoms with Gasteiger partial charge in [-0.1, -0.05) is 93.5 Å². The number of aliphatic carboxylic acids is 1. The van der Waals surface area contributed by atoms with Gasteiger partial charge in [-0.15, -0.1) is 27.8 Å². The number of benzene rings is 2. The van der Waals surface area contributed by atoms with Gasteiger partial charge in [-0.25, -0.2) is 13.5 Å². The fraction of sp³-hybridized carbons (Fsp3) is 0.540. The monoisotopic (exact) mass is 985 g/mol. The van der Waals surface area contributed by atoms with Crippen molar-refractivity contribution in [1.29, 1.82) is 0 Å². The van der Waals surface area contributed by atoms with E-state index >= 15 is 0 Å². The van der Waals surface area contributed by atoms with Crippen LogP contribution in [0.1, 0.15) is 138 Å². The predicted octanol–water partition coefficient (Wildman–Crippen LogP) is 11.6. The van der Waals surface area contributed by atoms with Gasteiger partial charge in [0.15, 0.2) is 0 Å². The molecule has 2 atom stereocenters. The summed E-state index contributed by atoms with van der Waals surface area (Å²) in [5.41, 5.74) is 5.05. The number of rotatable bonds is 19. The molecule has 0 radical (unpaired) electrons. The molecular weight excluding hydrogens is 915 g/mol. The molecule has 364 valence electrons. The maximum atomic E-state index is 12.7. The molecule has 5 N–H and O–H groups in total. The Morgan fingerprint density at radius 1 is 0.742 bits per heavy atom. The molecule has 0 amide bonds. The van der Waals surface area contributed by atoms with Crippen LogP contribution in [0, 0.1) is 43.4 Å². The maximum absolute atomic E-state index is 12.7. The lowest BCUT2D eigenvalue weighted by Crippen LogP contribution is -2.32. The van der Waals surface area contributed by atoms with Crippen molar-refractivity contribution < 1.29 is 42.4 Å². The van der Waals surface area contributed by atoms with E-state index < -0.39 is 40.2 Å². The van der Waals surface area contributed by atoms with E-state index in [0.717, 1.165) is 63.4 Å². The summed E-state index contributed by atoms with van der Waals surface area (Å²) in [6, 6.07) is 16.5. The molecule has 0 aliphatic rings. The van der Waals surface area contributed by atoms with E-state index in [0.29, 0.717) is 17.2 Å². The molecule has 2 aromatic carbocycles. The van der Waals surface area contributed by atoms with Crippen molar-refractivity contribution in [3.8, 4) is 22.3 Å². The van der Waals surface area contributed by atoms with Gasteiger partial charge >= 0.3 is 5.97 Å². The zero-order valence-corrected chi connectivity index (χ0v) is 44.4. The van der Waals surface area contributed by atoms with Crippen LogP contribution < -0.4 is 14.2 Å². The second kappa shape index (κ2) is 22.0. The number of aliphatic hydroxyl groups excluding tert-OH is 2. The Morgan fingerprint density at radius 2 is 1.18 bits per heavy atom. The summed E-state index contributed by atoms with van der Waals surface area (Å²) in [7, 11) is -3.92. The number of H-pyrrole nitrogens is 1. The van der Waals surface area contributed by atoms with Crippen molar-refractivity contribution in [1.82, 2.24) is 14.9 Å². The van der Waals surface area contributed by atoms with Gasteiger partial charge in [0.25, 0.3) is 20.8 Å². The number of aromatic amines is 1. The number of sulfonamides is 1. The highest BCUT2D eigenvalue weighted by atomic mass is 32.2. The number of thiophene rings is 2. The molecule has 0 fully saturated rings. The Balaban J connectivity index is 0.000000289. The highest BCUT2D eigenvalue weighted by Crippen LogP contribution is 2.47. The zero-order valence-electron chi connectivity index (χ0n) is 41.1. The number of aromatic nitrogens is 2. The van der Waals surface area contributed by atoms with Crippen molar-refractivity contribution in [2.75, 3.05) is 19.8 Å². The molecule has 5 rings (SSSR count). The number of aliphatic hydroxyl groups is 2. The van der Waals surface area contributed by atoms with E-state index in [2.05, 4.69) is 80.7 Å². The van der Waals surface area contributed by atoms with Crippen LogP contribution in [0.5, 0.6) is 11.5 Å². The van der Waals surface area contributed by atoms with Crippen LogP contribution in [0.2, 0.25) is 0 Å². The minimum atomic E-state index is -3.92. The van der Waals surface area contributed by atoms with Gasteiger partial charge in [-0.05, 0) is 134 Å². The van der Waals surface area contributed by atoms with Gasteiger partial charge in [0.2, 0.25) is 0 Å². The molecule has 16 heteroatoms. The second-order valence-corrected chi connectivity index (χ2v) is 23.7. The van der Waals surface area contributed by atoms with Gasteiger partial charge in [0.05, 0.1) is 17.1 Å². The molecule has 3 aromatic heterocycles. The average molecular weight is 986 g/mol. The van der Waals surface area contributed by atoms with E-state index in [1.165, 1.54) is 21.8 Å². The third kappa shape index (κ3) is 12.6. The normalized spacial score (nSPS) is 13.5. The van der Waals surface area contributed by atoms with E-state index in [-0.39, 0.29) is 38.5 Å². The topological polar surface area (TPSA) is 184 Å². The summed E-state index contributed by atoms with van der Waals surface area (Å²) in [6.07, 6.45) is 2.33. The second-order valence-electron chi connectivity index (χ2n) is 19.3. The van der Waals surface area contributed by atoms with Crippen LogP contribution >= 0.6 is 34.9 Å². The molecule has 0 bridgehead atoms. The largest absolute Gasteiger partial charge is 0.491 e. The molecule has 0 saturated heterocycles. The van der Waals surface area contributed by atoms with Gasteiger partial charge in [-0.3, -0.25) is 4.79 Å². The van der Waals surface area contributed by atoms with Gasteiger partial charge in [0, 0.05) is 20.6 Å². The third-order valence-electron chi connectivity index (χ3n) is 12.7. The zero-order chi connectivity index (χ0) is 49.6. The highest BCUT2D eigenvalue weighted by molar-refractivity contribution is 7.91. The van der Waals surface area contributed by atoms with Gasteiger partial charge < -0.3 is 29.2 Å². The minimum Gasteiger partial charge on any atom is -0.491 e. The lowest BCUT2D eigenvalue weighted by molar-refractivity contribution is -0.135. The first-order valence-corrected chi connectivity index (χ1v) is 26.0. The number of carboxylic acids is 1. The summed E-state index contributed by atoms with van der Waals surface area (Å²) < 4.78 is 45.1. The Labute approximate surface area is 405 Å². The molecule has 3 heterocycles. The number of ether oxygens (including phenoxy) is 2. The van der Waals surface area contributed by atoms with Crippen LogP contribution in [-0.4, -0.2) is 71.9 Å². The predicted molar refractivity (Wildman–Crippen MR) is 269 cm³/mol. The Bertz CT molecular complexity index is 2580. The van der Waals surface area contributed by atoms with E-state index in [4.69, 9.17) is 31.2 Å². The number of carbonyl (C=O) groups is 1. The lowest BCUT2D eigenvalue weighted by Gasteiger charge is -2.32. The molecule has 5 aromatic rings. The van der Waals surface area contributed by atoms with Gasteiger partial charge in [0.1, 0.15) is 35.5 Å². The van der Waals surface area contributed by atoms with Crippen LogP contribution in [0.3, 0.4) is 0 Å². The van der Waals surface area contributed by atoms with Crippen molar-refractivity contribution in [2.24, 2.45) is 10.8 Å². The fourth-order valence-electron chi connectivity index (χ4n) is 7.80. The van der Waals surface area contributed by atoms with E-state index in [1.54, 1.807) is 18.3 Å². The first kappa shape index (κ1) is 54.7. The molecule has 0 aliphatic heterocycles. The SMILES string of the molecule is CCC(CC)(c1ccc(OCC(O)C(C)(C)C)c(C)c1)c1cc(C)c(-c2n[nH]c(=S)o2)s1.CCC(CC)(c1ccc(OCC(O)C(C)(C)C)c(C)c1)c1cc(C)c(S(=O)(=O)NCC(=O)O)s1. The molecule has 0 aliphatic carbocycles. The highest BCUT2D eigenvalue weighted by Gasteiger charge is 2.36. The number of aryl methyl sites for hydroxylation is 4. The molecule has 12 nitrogen and oxygen atoms in total. The third-order valence-corrected chi connectivity index (χ3v) is 17.8. The summed E-state index contributed by atoms with van der Waals surface area (Å²) in [6.45, 7) is 28.2. The minimum absolute atomic E-state index is 0.116. The Kier molecular flexibility index (Phi) is 18.3. The van der Waals surface area contributed by atoms with Crippen molar-refractivity contribution in [3.63, 3.8) is 0 Å². The number of carboxylic acid groups (broad SMARTS) is 1.